The molecule has 0 bridgehead atoms. The van der Waals surface area contributed by atoms with Gasteiger partial charge in [0.05, 0.1) is 11.6 Å². The molecule has 0 amide bonds. The predicted molar refractivity (Wildman–Crippen MR) is 86.1 cm³/mol. The number of carbonyl (C=O) groups is 1. The molecular weight excluding hydrogens is 274 g/mol. The van der Waals surface area contributed by atoms with Gasteiger partial charge in [0, 0.05) is 6.42 Å². The number of nitriles is 1. The summed E-state index contributed by atoms with van der Waals surface area (Å²) in [5.74, 6) is 1.74. The molecule has 0 radical (unpaired) electrons. The summed E-state index contributed by atoms with van der Waals surface area (Å²) < 4.78 is 5.94. The number of rotatable bonds is 5. The fraction of sp³-hybridized carbons (Fsp3) is 0.263. The van der Waals surface area contributed by atoms with Gasteiger partial charge in [0.15, 0.2) is 0 Å². The van der Waals surface area contributed by atoms with E-state index in [0.717, 1.165) is 28.9 Å². The molecule has 0 N–H and O–H groups in total. The van der Waals surface area contributed by atoms with Crippen LogP contribution in [0.2, 0.25) is 0 Å². The number of nitrogens with zero attached hydrogens (tertiary/aromatic N) is 1. The van der Waals surface area contributed by atoms with Gasteiger partial charge in [-0.05, 0) is 68.1 Å². The third-order valence-electron chi connectivity index (χ3n) is 3.49. The van der Waals surface area contributed by atoms with E-state index in [-0.39, 0.29) is 5.78 Å². The Bertz CT molecular complexity index is 701. The highest BCUT2D eigenvalue weighted by Crippen LogP contribution is 2.30. The summed E-state index contributed by atoms with van der Waals surface area (Å²) in [5.41, 5.74) is 3.85. The first-order chi connectivity index (χ1) is 10.5. The maximum atomic E-state index is 11.1. The van der Waals surface area contributed by atoms with Crippen LogP contribution in [0.15, 0.2) is 36.4 Å². The first-order valence-electron chi connectivity index (χ1n) is 7.27. The van der Waals surface area contributed by atoms with Crippen LogP contribution in [0.5, 0.6) is 11.5 Å². The maximum absolute atomic E-state index is 11.1. The van der Waals surface area contributed by atoms with Gasteiger partial charge >= 0.3 is 0 Å². The molecule has 3 nitrogen and oxygen atoms in total. The smallest absolute Gasteiger partial charge is 0.133 e. The molecule has 0 saturated carbocycles. The summed E-state index contributed by atoms with van der Waals surface area (Å²) in [6.45, 7) is 5.62. The highest BCUT2D eigenvalue weighted by molar-refractivity contribution is 5.75. The summed E-state index contributed by atoms with van der Waals surface area (Å²) in [6, 6.07) is 13.3. The molecule has 112 valence electrons. The molecular formula is C19H19NO2. The second-order valence-electron chi connectivity index (χ2n) is 5.50. The van der Waals surface area contributed by atoms with E-state index in [1.807, 2.05) is 13.8 Å². The molecule has 0 unspecified atom stereocenters. The Morgan fingerprint density at radius 2 is 1.73 bits per heavy atom. The van der Waals surface area contributed by atoms with Crippen LogP contribution in [0.4, 0.5) is 0 Å². The summed E-state index contributed by atoms with van der Waals surface area (Å²) in [4.78, 5) is 11.1. The second kappa shape index (κ2) is 6.91. The van der Waals surface area contributed by atoms with Crippen LogP contribution >= 0.6 is 0 Å². The third kappa shape index (κ3) is 3.95. The molecule has 2 rings (SSSR count). The fourth-order valence-corrected chi connectivity index (χ4v) is 2.38. The average molecular weight is 293 g/mol. The zero-order valence-electron chi connectivity index (χ0n) is 13.1. The van der Waals surface area contributed by atoms with Gasteiger partial charge < -0.3 is 9.53 Å². The zero-order chi connectivity index (χ0) is 16.1. The molecule has 3 heteroatoms. The molecule has 0 aliphatic rings. The maximum Gasteiger partial charge on any atom is 0.133 e. The lowest BCUT2D eigenvalue weighted by molar-refractivity contribution is -0.116. The minimum absolute atomic E-state index is 0.202. The number of ether oxygens (including phenoxy) is 1. The lowest BCUT2D eigenvalue weighted by Crippen LogP contribution is -1.97. The standard InChI is InChI=1S/C19H19NO2/c1-13-10-17(5-4-15(3)21)11-14(2)19(13)22-18-8-6-16(12-20)7-9-18/h6-11H,4-5H2,1-3H3. The molecule has 22 heavy (non-hydrogen) atoms. The monoisotopic (exact) mass is 293 g/mol. The normalized spacial score (nSPS) is 10.1. The molecule has 0 aromatic heterocycles. The van der Waals surface area contributed by atoms with Crippen molar-refractivity contribution in [3.05, 3.63) is 58.7 Å². The van der Waals surface area contributed by atoms with Crippen molar-refractivity contribution in [1.82, 2.24) is 0 Å². The predicted octanol–water partition coefficient (Wildman–Crippen LogP) is 4.49. The van der Waals surface area contributed by atoms with Gasteiger partial charge in [-0.1, -0.05) is 12.1 Å². The Balaban J connectivity index is 2.20. The number of ketones is 1. The lowest BCUT2D eigenvalue weighted by atomic mass is 10.0. The van der Waals surface area contributed by atoms with Crippen LogP contribution in [0.25, 0.3) is 0 Å². The van der Waals surface area contributed by atoms with E-state index in [9.17, 15) is 4.79 Å². The Morgan fingerprint density at radius 1 is 1.14 bits per heavy atom. The molecule has 0 fully saturated rings. The molecule has 0 aliphatic heterocycles. The Hall–Kier alpha value is -2.60. The van der Waals surface area contributed by atoms with Gasteiger partial charge in [0.2, 0.25) is 0 Å². The Morgan fingerprint density at radius 3 is 2.23 bits per heavy atom. The topological polar surface area (TPSA) is 50.1 Å². The molecule has 0 atom stereocenters. The number of hydrogen-bond donors (Lipinski definition) is 0. The van der Waals surface area contributed by atoms with Gasteiger partial charge in [-0.25, -0.2) is 0 Å². The molecule has 0 spiro atoms. The van der Waals surface area contributed by atoms with Gasteiger partial charge in [-0.3, -0.25) is 0 Å². The minimum Gasteiger partial charge on any atom is -0.457 e. The van der Waals surface area contributed by atoms with Crippen molar-refractivity contribution in [2.75, 3.05) is 0 Å². The first kappa shape index (κ1) is 15.8. The highest BCUT2D eigenvalue weighted by Gasteiger charge is 2.08. The van der Waals surface area contributed by atoms with E-state index >= 15 is 0 Å². The van der Waals surface area contributed by atoms with Gasteiger partial charge in [0.25, 0.3) is 0 Å². The summed E-state index contributed by atoms with van der Waals surface area (Å²) in [5, 5.41) is 8.81. The summed E-state index contributed by atoms with van der Waals surface area (Å²) >= 11 is 0. The third-order valence-corrected chi connectivity index (χ3v) is 3.49. The SMILES string of the molecule is CC(=O)CCc1cc(C)c(Oc2ccc(C#N)cc2)c(C)c1. The van der Waals surface area contributed by atoms with Crippen LogP contribution in [-0.2, 0) is 11.2 Å². The Labute approximate surface area is 131 Å². The highest BCUT2D eigenvalue weighted by atomic mass is 16.5. The average Bonchev–Trinajstić information content (AvgIpc) is 2.49. The Kier molecular flexibility index (Phi) is 4.95. The van der Waals surface area contributed by atoms with Gasteiger partial charge in [0.1, 0.15) is 17.3 Å². The van der Waals surface area contributed by atoms with Crippen LogP contribution < -0.4 is 4.74 Å². The second-order valence-corrected chi connectivity index (χ2v) is 5.50. The first-order valence-corrected chi connectivity index (χ1v) is 7.27. The van der Waals surface area contributed by atoms with Crippen molar-refractivity contribution in [3.8, 4) is 17.6 Å². The van der Waals surface area contributed by atoms with Crippen molar-refractivity contribution < 1.29 is 9.53 Å². The van der Waals surface area contributed by atoms with E-state index in [1.165, 1.54) is 0 Å². The molecule has 0 heterocycles. The quantitative estimate of drug-likeness (QED) is 0.816. The molecule has 0 aliphatic carbocycles. The lowest BCUT2D eigenvalue weighted by Gasteiger charge is -2.14. The van der Waals surface area contributed by atoms with Gasteiger partial charge in [-0.15, -0.1) is 0 Å². The van der Waals surface area contributed by atoms with Crippen LogP contribution in [0.1, 0.15) is 35.6 Å². The van der Waals surface area contributed by atoms with E-state index in [1.54, 1.807) is 31.2 Å². The molecule has 2 aromatic rings. The number of aryl methyl sites for hydroxylation is 3. The number of benzene rings is 2. The van der Waals surface area contributed by atoms with Crippen molar-refractivity contribution in [2.24, 2.45) is 0 Å². The van der Waals surface area contributed by atoms with Crippen molar-refractivity contribution in [1.29, 1.82) is 5.26 Å². The van der Waals surface area contributed by atoms with Crippen molar-refractivity contribution >= 4 is 5.78 Å². The van der Waals surface area contributed by atoms with Crippen molar-refractivity contribution in [3.63, 3.8) is 0 Å². The van der Waals surface area contributed by atoms with Crippen LogP contribution in [0, 0.1) is 25.2 Å². The largest absolute Gasteiger partial charge is 0.457 e. The van der Waals surface area contributed by atoms with E-state index in [0.29, 0.717) is 17.7 Å². The van der Waals surface area contributed by atoms with Crippen LogP contribution in [-0.4, -0.2) is 5.78 Å². The number of Topliss-reactive ketones (excluding diaryl/α,β-unsaturated/α-hetero) is 1. The van der Waals surface area contributed by atoms with Crippen LogP contribution in [0.3, 0.4) is 0 Å². The molecule has 2 aromatic carbocycles. The van der Waals surface area contributed by atoms with E-state index in [2.05, 4.69) is 18.2 Å². The van der Waals surface area contributed by atoms with E-state index in [4.69, 9.17) is 10.00 Å². The number of hydrogen-bond acceptors (Lipinski definition) is 3. The summed E-state index contributed by atoms with van der Waals surface area (Å²) in [7, 11) is 0. The summed E-state index contributed by atoms with van der Waals surface area (Å²) in [6.07, 6.45) is 1.32. The fourth-order valence-electron chi connectivity index (χ4n) is 2.38. The number of carbonyl (C=O) groups excluding carboxylic acids is 1. The van der Waals surface area contributed by atoms with Crippen molar-refractivity contribution in [2.45, 2.75) is 33.6 Å². The van der Waals surface area contributed by atoms with E-state index < -0.39 is 0 Å². The molecule has 0 saturated heterocycles. The minimum atomic E-state index is 0.202. The van der Waals surface area contributed by atoms with Gasteiger partial charge in [-0.2, -0.15) is 5.26 Å². The zero-order valence-corrected chi connectivity index (χ0v) is 13.1.